The van der Waals surface area contributed by atoms with Gasteiger partial charge in [0.15, 0.2) is 0 Å². The highest BCUT2D eigenvalue weighted by atomic mass is 14.6. The van der Waals surface area contributed by atoms with Crippen LogP contribution in [0.4, 0.5) is 0 Å². The molecule has 0 radical (unpaired) electrons. The Kier molecular flexibility index (Phi) is 6.62. The highest BCUT2D eigenvalue weighted by Crippen LogP contribution is 2.13. The monoisotopic (exact) mass is 253 g/mol. The van der Waals surface area contributed by atoms with E-state index in [9.17, 15) is 0 Å². The summed E-state index contributed by atoms with van der Waals surface area (Å²) in [5.74, 6) is 0.247. The van der Waals surface area contributed by atoms with Gasteiger partial charge in [0, 0.05) is 6.04 Å². The Morgan fingerprint density at radius 3 is 2.53 bits per heavy atom. The molecule has 0 bridgehead atoms. The Labute approximate surface area is 116 Å². The normalized spacial score (nSPS) is 14.6. The maximum atomic E-state index is 6.18. The van der Waals surface area contributed by atoms with Gasteiger partial charge in [-0.3, -0.25) is 0 Å². The average molecular weight is 253 g/mol. The molecule has 100 valence electrons. The van der Waals surface area contributed by atoms with Gasteiger partial charge in [-0.25, -0.2) is 0 Å². The molecule has 0 aliphatic heterocycles. The molecule has 2 N–H and O–H groups in total. The minimum absolute atomic E-state index is 0.0209. The van der Waals surface area contributed by atoms with Gasteiger partial charge in [0.05, 0.1) is 0 Å². The van der Waals surface area contributed by atoms with Crippen LogP contribution in [0.3, 0.4) is 0 Å². The molecule has 0 fully saturated rings. The maximum Gasteiger partial charge on any atom is 0.0293 e. The van der Waals surface area contributed by atoms with Crippen LogP contribution in [0.2, 0.25) is 0 Å². The summed E-state index contributed by atoms with van der Waals surface area (Å²) < 4.78 is 0. The summed E-state index contributed by atoms with van der Waals surface area (Å²) in [5, 5.41) is 0. The van der Waals surface area contributed by atoms with Crippen molar-refractivity contribution in [2.24, 2.45) is 11.7 Å². The van der Waals surface area contributed by atoms with Crippen molar-refractivity contribution in [3.05, 3.63) is 85.0 Å². The first-order valence-electron chi connectivity index (χ1n) is 6.56. The molecular weight excluding hydrogens is 230 g/mol. The highest BCUT2D eigenvalue weighted by molar-refractivity contribution is 5.20. The van der Waals surface area contributed by atoms with Gasteiger partial charge in [-0.15, -0.1) is 6.58 Å². The van der Waals surface area contributed by atoms with Gasteiger partial charge < -0.3 is 5.73 Å². The number of allylic oxidation sites excluding steroid dienone is 4. The summed E-state index contributed by atoms with van der Waals surface area (Å²) in [4.78, 5) is 0. The topological polar surface area (TPSA) is 26.0 Å². The van der Waals surface area contributed by atoms with Crippen LogP contribution in [-0.2, 0) is 6.42 Å². The van der Waals surface area contributed by atoms with E-state index in [1.54, 1.807) is 0 Å². The summed E-state index contributed by atoms with van der Waals surface area (Å²) in [7, 11) is 0. The first kappa shape index (κ1) is 15.2. The van der Waals surface area contributed by atoms with Crippen molar-refractivity contribution in [2.45, 2.75) is 19.4 Å². The second-order valence-electron chi connectivity index (χ2n) is 4.76. The minimum Gasteiger partial charge on any atom is -0.324 e. The number of rotatable bonds is 7. The average Bonchev–Trinajstić information content (AvgIpc) is 2.41. The van der Waals surface area contributed by atoms with E-state index < -0.39 is 0 Å². The van der Waals surface area contributed by atoms with E-state index in [1.807, 2.05) is 55.5 Å². The molecule has 0 saturated carbocycles. The van der Waals surface area contributed by atoms with E-state index in [1.165, 1.54) is 5.56 Å². The Morgan fingerprint density at radius 1 is 1.26 bits per heavy atom. The molecule has 2 atom stereocenters. The highest BCUT2D eigenvalue weighted by Gasteiger charge is 2.11. The molecule has 0 aliphatic rings. The molecule has 0 aliphatic carbocycles. The first-order valence-corrected chi connectivity index (χ1v) is 6.56. The van der Waals surface area contributed by atoms with Gasteiger partial charge in [0.1, 0.15) is 0 Å². The van der Waals surface area contributed by atoms with Crippen molar-refractivity contribution in [1.82, 2.24) is 0 Å². The Balaban J connectivity index is 2.59. The molecule has 0 aromatic heterocycles. The fourth-order valence-electron chi connectivity index (χ4n) is 1.82. The van der Waals surface area contributed by atoms with E-state index in [-0.39, 0.29) is 12.0 Å². The van der Waals surface area contributed by atoms with Crippen LogP contribution in [0.15, 0.2) is 79.4 Å². The summed E-state index contributed by atoms with van der Waals surface area (Å²) in [5.41, 5.74) is 8.50. The number of benzene rings is 1. The number of hydrogen-bond acceptors (Lipinski definition) is 1. The van der Waals surface area contributed by atoms with E-state index >= 15 is 0 Å². The lowest BCUT2D eigenvalue weighted by Gasteiger charge is -2.17. The van der Waals surface area contributed by atoms with Gasteiger partial charge in [-0.05, 0) is 24.8 Å². The molecule has 1 heteroatoms. The second kappa shape index (κ2) is 8.28. The molecule has 1 rings (SSSR count). The molecule has 0 saturated heterocycles. The van der Waals surface area contributed by atoms with Crippen molar-refractivity contribution in [3.63, 3.8) is 0 Å². The smallest absolute Gasteiger partial charge is 0.0293 e. The lowest BCUT2D eigenvalue weighted by Crippen LogP contribution is -2.28. The second-order valence-corrected chi connectivity index (χ2v) is 4.76. The molecule has 0 heterocycles. The molecule has 1 aromatic rings. The van der Waals surface area contributed by atoms with Crippen LogP contribution in [0.1, 0.15) is 12.5 Å². The predicted molar refractivity (Wildman–Crippen MR) is 84.9 cm³/mol. The van der Waals surface area contributed by atoms with Gasteiger partial charge >= 0.3 is 0 Å². The van der Waals surface area contributed by atoms with Crippen molar-refractivity contribution in [3.8, 4) is 0 Å². The van der Waals surface area contributed by atoms with Crippen molar-refractivity contribution >= 4 is 0 Å². The lowest BCUT2D eigenvalue weighted by molar-refractivity contribution is 0.574. The summed E-state index contributed by atoms with van der Waals surface area (Å²) in [6.45, 7) is 9.66. The van der Waals surface area contributed by atoms with Crippen molar-refractivity contribution in [1.29, 1.82) is 0 Å². The van der Waals surface area contributed by atoms with Crippen LogP contribution in [0.25, 0.3) is 0 Å². The third-order valence-electron chi connectivity index (χ3n) is 2.94. The van der Waals surface area contributed by atoms with Gasteiger partial charge in [-0.2, -0.15) is 0 Å². The first-order chi connectivity index (χ1) is 9.13. The van der Waals surface area contributed by atoms with Crippen LogP contribution < -0.4 is 5.73 Å². The van der Waals surface area contributed by atoms with Crippen LogP contribution in [0.5, 0.6) is 0 Å². The zero-order chi connectivity index (χ0) is 14.1. The lowest BCUT2D eigenvalue weighted by atomic mass is 9.92. The molecule has 1 nitrogen and oxygen atoms in total. The molecule has 19 heavy (non-hydrogen) atoms. The Morgan fingerprint density at radius 2 is 1.95 bits per heavy atom. The molecule has 0 amide bonds. The van der Waals surface area contributed by atoms with Crippen molar-refractivity contribution in [2.75, 3.05) is 0 Å². The molecule has 2 unspecified atom stereocenters. The zero-order valence-electron chi connectivity index (χ0n) is 11.6. The van der Waals surface area contributed by atoms with E-state index in [0.717, 1.165) is 12.0 Å². The van der Waals surface area contributed by atoms with E-state index in [4.69, 9.17) is 5.73 Å². The summed E-state index contributed by atoms with van der Waals surface area (Å²) >= 11 is 0. The van der Waals surface area contributed by atoms with Gasteiger partial charge in [0.2, 0.25) is 0 Å². The third-order valence-corrected chi connectivity index (χ3v) is 2.94. The SMILES string of the molecule is C=CC(Cc1ccccc1)C(N)/C=C/C=C/C(=C)C. The quantitative estimate of drug-likeness (QED) is 0.576. The van der Waals surface area contributed by atoms with E-state index in [2.05, 4.69) is 25.3 Å². The van der Waals surface area contributed by atoms with E-state index in [0.29, 0.717) is 0 Å². The molecule has 1 aromatic carbocycles. The minimum atomic E-state index is -0.0209. The fraction of sp³-hybridized carbons (Fsp3) is 0.222. The maximum absolute atomic E-state index is 6.18. The zero-order valence-corrected chi connectivity index (χ0v) is 11.6. The number of hydrogen-bond donors (Lipinski definition) is 1. The van der Waals surface area contributed by atoms with Gasteiger partial charge in [0.25, 0.3) is 0 Å². The standard InChI is InChI=1S/C18H23N/c1-4-17(14-16-11-6-5-7-12-16)18(19)13-9-8-10-15(2)3/h4-13,17-18H,1-2,14,19H2,3H3/b10-8+,13-9+. The fourth-order valence-corrected chi connectivity index (χ4v) is 1.82. The van der Waals surface area contributed by atoms with Crippen LogP contribution in [0, 0.1) is 5.92 Å². The largest absolute Gasteiger partial charge is 0.324 e. The number of nitrogens with two attached hydrogens (primary N) is 1. The Hall–Kier alpha value is -1.86. The predicted octanol–water partition coefficient (Wildman–Crippen LogP) is 4.05. The van der Waals surface area contributed by atoms with Crippen LogP contribution >= 0.6 is 0 Å². The third kappa shape index (κ3) is 6.03. The summed E-state index contributed by atoms with van der Waals surface area (Å²) in [6.07, 6.45) is 10.8. The van der Waals surface area contributed by atoms with Crippen molar-refractivity contribution < 1.29 is 0 Å². The molecular formula is C18H23N. The molecule has 0 spiro atoms. The summed E-state index contributed by atoms with van der Waals surface area (Å²) in [6, 6.07) is 10.3. The van der Waals surface area contributed by atoms with Gasteiger partial charge in [-0.1, -0.05) is 72.9 Å². The Bertz CT molecular complexity index is 454. The van der Waals surface area contributed by atoms with Crippen LogP contribution in [-0.4, -0.2) is 6.04 Å².